The van der Waals surface area contributed by atoms with Crippen LogP contribution in [0.2, 0.25) is 0 Å². The van der Waals surface area contributed by atoms with Crippen molar-refractivity contribution >= 4 is 11.4 Å². The summed E-state index contributed by atoms with van der Waals surface area (Å²) in [6.45, 7) is 1.85. The number of furan rings is 1. The Kier molecular flexibility index (Phi) is 3.27. The van der Waals surface area contributed by atoms with Gasteiger partial charge in [-0.1, -0.05) is 0 Å². The summed E-state index contributed by atoms with van der Waals surface area (Å²) in [4.78, 5) is 9.72. The molecule has 2 rings (SSSR count). The average molecular weight is 250 g/mol. The molecule has 18 heavy (non-hydrogen) atoms. The molecule has 1 aromatic carbocycles. The van der Waals surface area contributed by atoms with Gasteiger partial charge in [-0.15, -0.1) is 0 Å². The number of nitrogens with zero attached hydrogens (tertiary/aromatic N) is 1. The molecule has 1 atom stereocenters. The Bertz CT molecular complexity index is 554. The molecule has 2 aromatic rings. The second-order valence-corrected chi connectivity index (χ2v) is 3.80. The lowest BCUT2D eigenvalue weighted by molar-refractivity contribution is -0.387. The van der Waals surface area contributed by atoms with Crippen LogP contribution >= 0.6 is 0 Å². The summed E-state index contributed by atoms with van der Waals surface area (Å²) in [5.41, 5.74) is -0.0757. The first-order valence-corrected chi connectivity index (χ1v) is 5.32. The van der Waals surface area contributed by atoms with Crippen LogP contribution in [0, 0.1) is 15.9 Å². The van der Waals surface area contributed by atoms with Crippen LogP contribution < -0.4 is 5.32 Å². The highest BCUT2D eigenvalue weighted by atomic mass is 19.1. The SMILES string of the molecule is CC(Nc1ccc([N+](=O)[O-])c(F)c1)c1ccco1. The Balaban J connectivity index is 2.15. The highest BCUT2D eigenvalue weighted by Crippen LogP contribution is 2.24. The molecule has 1 N–H and O–H groups in total. The minimum Gasteiger partial charge on any atom is -0.467 e. The van der Waals surface area contributed by atoms with Crippen molar-refractivity contribution in [2.45, 2.75) is 13.0 Å². The fraction of sp³-hybridized carbons (Fsp3) is 0.167. The van der Waals surface area contributed by atoms with Crippen LogP contribution in [-0.4, -0.2) is 4.92 Å². The molecule has 5 nitrogen and oxygen atoms in total. The Morgan fingerprint density at radius 1 is 1.44 bits per heavy atom. The van der Waals surface area contributed by atoms with E-state index in [0.29, 0.717) is 11.4 Å². The topological polar surface area (TPSA) is 68.3 Å². The molecule has 0 bridgehead atoms. The lowest BCUT2D eigenvalue weighted by Crippen LogP contribution is -2.06. The van der Waals surface area contributed by atoms with Gasteiger partial charge in [-0.2, -0.15) is 4.39 Å². The van der Waals surface area contributed by atoms with Gasteiger partial charge in [0.1, 0.15) is 5.76 Å². The van der Waals surface area contributed by atoms with E-state index in [9.17, 15) is 14.5 Å². The molecule has 0 aliphatic carbocycles. The smallest absolute Gasteiger partial charge is 0.304 e. The number of benzene rings is 1. The van der Waals surface area contributed by atoms with E-state index in [0.717, 1.165) is 12.1 Å². The molecular formula is C12H11FN2O3. The molecule has 0 saturated carbocycles. The van der Waals surface area contributed by atoms with Crippen LogP contribution in [-0.2, 0) is 0 Å². The van der Waals surface area contributed by atoms with E-state index in [4.69, 9.17) is 4.42 Å². The van der Waals surface area contributed by atoms with Gasteiger partial charge in [0, 0.05) is 17.8 Å². The fourth-order valence-electron chi connectivity index (χ4n) is 1.60. The van der Waals surface area contributed by atoms with Crippen molar-refractivity contribution in [2.75, 3.05) is 5.32 Å². The second kappa shape index (κ2) is 4.87. The van der Waals surface area contributed by atoms with E-state index >= 15 is 0 Å². The molecule has 1 aromatic heterocycles. The van der Waals surface area contributed by atoms with Crippen LogP contribution in [0.1, 0.15) is 18.7 Å². The zero-order chi connectivity index (χ0) is 13.1. The second-order valence-electron chi connectivity index (χ2n) is 3.80. The lowest BCUT2D eigenvalue weighted by atomic mass is 10.2. The summed E-state index contributed by atoms with van der Waals surface area (Å²) in [5, 5.41) is 13.5. The third-order valence-electron chi connectivity index (χ3n) is 2.50. The first-order chi connectivity index (χ1) is 8.58. The zero-order valence-corrected chi connectivity index (χ0v) is 9.59. The van der Waals surface area contributed by atoms with E-state index in [1.807, 2.05) is 6.92 Å². The Morgan fingerprint density at radius 3 is 2.78 bits per heavy atom. The molecular weight excluding hydrogens is 239 g/mol. The van der Waals surface area contributed by atoms with Gasteiger partial charge in [0.05, 0.1) is 17.2 Å². The van der Waals surface area contributed by atoms with Crippen molar-refractivity contribution in [3.8, 4) is 0 Å². The minimum absolute atomic E-state index is 0.152. The number of hydrogen-bond acceptors (Lipinski definition) is 4. The predicted octanol–water partition coefficient (Wildman–Crippen LogP) is 3.50. The number of nitro groups is 1. The van der Waals surface area contributed by atoms with Crippen molar-refractivity contribution in [1.82, 2.24) is 0 Å². The van der Waals surface area contributed by atoms with Gasteiger partial charge in [-0.3, -0.25) is 10.1 Å². The molecule has 0 radical (unpaired) electrons. The van der Waals surface area contributed by atoms with Gasteiger partial charge in [-0.25, -0.2) is 0 Å². The summed E-state index contributed by atoms with van der Waals surface area (Å²) < 4.78 is 18.6. The maximum Gasteiger partial charge on any atom is 0.304 e. The van der Waals surface area contributed by atoms with Gasteiger partial charge in [-0.05, 0) is 25.1 Å². The number of halogens is 1. The quantitative estimate of drug-likeness (QED) is 0.666. The highest BCUT2D eigenvalue weighted by molar-refractivity contribution is 5.50. The molecule has 6 heteroatoms. The van der Waals surface area contributed by atoms with Crippen LogP contribution in [0.25, 0.3) is 0 Å². The number of hydrogen-bond donors (Lipinski definition) is 1. The number of nitro benzene ring substituents is 1. The van der Waals surface area contributed by atoms with Crippen molar-refractivity contribution in [3.05, 3.63) is 58.3 Å². The molecule has 1 heterocycles. The van der Waals surface area contributed by atoms with Gasteiger partial charge >= 0.3 is 5.69 Å². The van der Waals surface area contributed by atoms with Crippen LogP contribution in [0.3, 0.4) is 0 Å². The normalized spacial score (nSPS) is 12.1. The summed E-state index contributed by atoms with van der Waals surface area (Å²) in [7, 11) is 0. The monoisotopic (exact) mass is 250 g/mol. The maximum atomic E-state index is 13.4. The third kappa shape index (κ3) is 2.48. The number of nitrogens with one attached hydrogen (secondary N) is 1. The summed E-state index contributed by atoms with van der Waals surface area (Å²) >= 11 is 0. The Labute approximate surface area is 102 Å². The number of anilines is 1. The maximum absolute atomic E-state index is 13.4. The standard InChI is InChI=1S/C12H11FN2O3/c1-8(12-3-2-6-18-12)14-9-4-5-11(15(16)17)10(13)7-9/h2-8,14H,1H3. The lowest BCUT2D eigenvalue weighted by Gasteiger charge is -2.12. The van der Waals surface area contributed by atoms with Crippen molar-refractivity contribution in [3.63, 3.8) is 0 Å². The Morgan fingerprint density at radius 2 is 2.22 bits per heavy atom. The van der Waals surface area contributed by atoms with Gasteiger partial charge in [0.25, 0.3) is 0 Å². The van der Waals surface area contributed by atoms with Crippen molar-refractivity contribution in [2.24, 2.45) is 0 Å². The molecule has 0 saturated heterocycles. The highest BCUT2D eigenvalue weighted by Gasteiger charge is 2.15. The van der Waals surface area contributed by atoms with Crippen LogP contribution in [0.15, 0.2) is 41.0 Å². The zero-order valence-electron chi connectivity index (χ0n) is 9.59. The minimum atomic E-state index is -0.864. The average Bonchev–Trinajstić information content (AvgIpc) is 2.81. The van der Waals surface area contributed by atoms with Gasteiger partial charge in [0.15, 0.2) is 0 Å². The first-order valence-electron chi connectivity index (χ1n) is 5.32. The molecule has 0 fully saturated rings. The molecule has 0 spiro atoms. The Hall–Kier alpha value is -2.37. The van der Waals surface area contributed by atoms with E-state index in [1.54, 1.807) is 18.4 Å². The number of rotatable bonds is 4. The summed E-state index contributed by atoms with van der Waals surface area (Å²) in [6, 6.07) is 7.08. The largest absolute Gasteiger partial charge is 0.467 e. The molecule has 1 unspecified atom stereocenters. The predicted molar refractivity (Wildman–Crippen MR) is 63.8 cm³/mol. The fourth-order valence-corrected chi connectivity index (χ4v) is 1.60. The molecule has 94 valence electrons. The summed E-state index contributed by atoms with van der Waals surface area (Å²) in [6.07, 6.45) is 1.55. The van der Waals surface area contributed by atoms with Crippen LogP contribution in [0.5, 0.6) is 0 Å². The molecule has 0 aliphatic rings. The van der Waals surface area contributed by atoms with Crippen molar-refractivity contribution < 1.29 is 13.7 Å². The van der Waals surface area contributed by atoms with Gasteiger partial charge < -0.3 is 9.73 Å². The van der Waals surface area contributed by atoms with E-state index in [2.05, 4.69) is 5.32 Å². The van der Waals surface area contributed by atoms with Crippen LogP contribution in [0.4, 0.5) is 15.8 Å². The molecule has 0 aliphatic heterocycles. The van der Waals surface area contributed by atoms with Crippen molar-refractivity contribution in [1.29, 1.82) is 0 Å². The van der Waals surface area contributed by atoms with E-state index in [1.165, 1.54) is 6.07 Å². The first kappa shape index (κ1) is 12.1. The van der Waals surface area contributed by atoms with E-state index < -0.39 is 16.4 Å². The summed E-state index contributed by atoms with van der Waals surface area (Å²) in [5.74, 6) is -0.162. The molecule has 0 amide bonds. The van der Waals surface area contributed by atoms with Gasteiger partial charge in [0.2, 0.25) is 5.82 Å². The third-order valence-corrected chi connectivity index (χ3v) is 2.50. The van der Waals surface area contributed by atoms with E-state index in [-0.39, 0.29) is 6.04 Å².